The first-order valence-electron chi connectivity index (χ1n) is 6.74. The molecule has 0 bridgehead atoms. The maximum absolute atomic E-state index is 11.8. The van der Waals surface area contributed by atoms with Crippen molar-refractivity contribution < 1.29 is 14.3 Å². The summed E-state index contributed by atoms with van der Waals surface area (Å²) in [5, 5.41) is 11.9. The van der Waals surface area contributed by atoms with Gasteiger partial charge in [-0.1, -0.05) is 17.8 Å². The molecule has 1 aromatic rings. The summed E-state index contributed by atoms with van der Waals surface area (Å²) in [6.07, 6.45) is 0.579. The van der Waals surface area contributed by atoms with E-state index in [1.165, 1.54) is 19.1 Å². The summed E-state index contributed by atoms with van der Waals surface area (Å²) >= 11 is 0.979. The number of aromatic amines is 1. The summed E-state index contributed by atoms with van der Waals surface area (Å²) < 4.78 is 4.98. The molecule has 1 heterocycles. The van der Waals surface area contributed by atoms with E-state index in [4.69, 9.17) is 10.00 Å². The number of hydrogen-bond donors (Lipinski definition) is 2. The smallest absolute Gasteiger partial charge is 0.317 e. The van der Waals surface area contributed by atoms with E-state index in [2.05, 4.69) is 16.9 Å². The van der Waals surface area contributed by atoms with Crippen molar-refractivity contribution in [2.75, 3.05) is 12.3 Å². The molecule has 0 saturated carbocycles. The highest BCUT2D eigenvalue weighted by atomic mass is 32.2. The molecule has 2 N–H and O–H groups in total. The Bertz CT molecular complexity index is 706. The molecule has 122 valence electrons. The number of aryl methyl sites for hydroxylation is 1. The van der Waals surface area contributed by atoms with Crippen LogP contribution in [0.1, 0.15) is 18.1 Å². The number of carbonyl (C=O) groups is 2. The molecule has 0 fully saturated rings. The van der Waals surface area contributed by atoms with E-state index in [9.17, 15) is 14.4 Å². The van der Waals surface area contributed by atoms with Crippen LogP contribution in [-0.2, 0) is 14.3 Å². The molecule has 0 radical (unpaired) electrons. The number of hydrogen-bond acceptors (Lipinski definition) is 6. The minimum Gasteiger partial charge on any atom is -0.452 e. The molecule has 8 heteroatoms. The Morgan fingerprint density at radius 3 is 2.91 bits per heavy atom. The largest absolute Gasteiger partial charge is 0.452 e. The highest BCUT2D eigenvalue weighted by Gasteiger charge is 2.18. The number of carbonyl (C=O) groups excluding carboxylic acids is 2. The van der Waals surface area contributed by atoms with E-state index in [1.54, 1.807) is 6.92 Å². The second kappa shape index (κ2) is 8.80. The number of pyridine rings is 1. The summed E-state index contributed by atoms with van der Waals surface area (Å²) in [6.45, 7) is 6.84. The maximum Gasteiger partial charge on any atom is 0.317 e. The monoisotopic (exact) mass is 335 g/mol. The molecule has 1 amide bonds. The lowest BCUT2D eigenvalue weighted by Crippen LogP contribution is -2.36. The van der Waals surface area contributed by atoms with Gasteiger partial charge >= 0.3 is 5.97 Å². The molecule has 1 atom stereocenters. The van der Waals surface area contributed by atoms with Crippen LogP contribution < -0.4 is 10.9 Å². The van der Waals surface area contributed by atoms with Gasteiger partial charge in [0.25, 0.3) is 5.91 Å². The molecule has 0 aliphatic carbocycles. The van der Waals surface area contributed by atoms with Crippen molar-refractivity contribution in [3.05, 3.63) is 40.2 Å². The molecule has 0 aliphatic rings. The number of rotatable bonds is 7. The van der Waals surface area contributed by atoms with Gasteiger partial charge in [0.2, 0.25) is 5.56 Å². The standard InChI is InChI=1S/C15H17N3O4S/c1-4-5-17-14(21)10(3)22-13(20)8-23-15-11(7-16)9(2)6-12(19)18-15/h4,6,10H,1,5,8H2,2-3H3,(H,17,21)(H,18,19)/t10-/m1/s1. The predicted molar refractivity (Wildman–Crippen MR) is 86.0 cm³/mol. The van der Waals surface area contributed by atoms with Crippen LogP contribution in [0.4, 0.5) is 0 Å². The number of esters is 1. The van der Waals surface area contributed by atoms with E-state index in [1.807, 2.05) is 6.07 Å². The van der Waals surface area contributed by atoms with Gasteiger partial charge in [0.1, 0.15) is 6.07 Å². The molecule has 0 aliphatic heterocycles. The highest BCUT2D eigenvalue weighted by molar-refractivity contribution is 7.99. The normalized spacial score (nSPS) is 11.2. The molecule has 0 aromatic carbocycles. The van der Waals surface area contributed by atoms with Crippen molar-refractivity contribution >= 4 is 23.6 Å². The number of nitriles is 1. The zero-order chi connectivity index (χ0) is 17.4. The van der Waals surface area contributed by atoms with E-state index in [-0.39, 0.29) is 17.9 Å². The van der Waals surface area contributed by atoms with Gasteiger partial charge in [-0.15, -0.1) is 6.58 Å². The Kier molecular flexibility index (Phi) is 7.09. The van der Waals surface area contributed by atoms with Gasteiger partial charge in [0.05, 0.1) is 16.3 Å². The highest BCUT2D eigenvalue weighted by Crippen LogP contribution is 2.21. The van der Waals surface area contributed by atoms with E-state index < -0.39 is 18.0 Å². The van der Waals surface area contributed by atoms with E-state index in [0.717, 1.165) is 11.8 Å². The average Bonchev–Trinajstić information content (AvgIpc) is 2.49. The molecule has 7 nitrogen and oxygen atoms in total. The van der Waals surface area contributed by atoms with Crippen LogP contribution in [0.2, 0.25) is 0 Å². The molecule has 23 heavy (non-hydrogen) atoms. The number of H-pyrrole nitrogens is 1. The van der Waals surface area contributed by atoms with Crippen molar-refractivity contribution in [1.82, 2.24) is 10.3 Å². The fourth-order valence-electron chi connectivity index (χ4n) is 1.64. The van der Waals surface area contributed by atoms with Crippen molar-refractivity contribution in [1.29, 1.82) is 5.26 Å². The van der Waals surface area contributed by atoms with Gasteiger partial charge in [-0.25, -0.2) is 0 Å². The van der Waals surface area contributed by atoms with Crippen LogP contribution in [-0.4, -0.2) is 35.3 Å². The second-order valence-corrected chi connectivity index (χ2v) is 5.57. The Labute approximate surface area is 137 Å². The number of ether oxygens (including phenoxy) is 1. The Balaban J connectivity index is 2.64. The van der Waals surface area contributed by atoms with Crippen LogP contribution in [0.25, 0.3) is 0 Å². The Morgan fingerprint density at radius 2 is 2.30 bits per heavy atom. The number of aromatic nitrogens is 1. The molecule has 0 spiro atoms. The van der Waals surface area contributed by atoms with E-state index in [0.29, 0.717) is 16.2 Å². The van der Waals surface area contributed by atoms with Crippen LogP contribution in [0.3, 0.4) is 0 Å². The minimum absolute atomic E-state index is 0.132. The van der Waals surface area contributed by atoms with Gasteiger partial charge in [-0.3, -0.25) is 14.4 Å². The summed E-state index contributed by atoms with van der Waals surface area (Å²) in [6, 6.07) is 3.29. The third kappa shape index (κ3) is 5.64. The van der Waals surface area contributed by atoms with Gasteiger partial charge in [-0.2, -0.15) is 5.26 Å². The lowest BCUT2D eigenvalue weighted by Gasteiger charge is -2.12. The third-order valence-corrected chi connectivity index (χ3v) is 3.72. The summed E-state index contributed by atoms with van der Waals surface area (Å²) in [7, 11) is 0. The second-order valence-electron chi connectivity index (χ2n) is 4.59. The van der Waals surface area contributed by atoms with Gasteiger partial charge in [-0.05, 0) is 19.4 Å². The summed E-state index contributed by atoms with van der Waals surface area (Å²) in [5.74, 6) is -1.18. The lowest BCUT2D eigenvalue weighted by molar-refractivity contribution is -0.152. The molecule has 0 saturated heterocycles. The fourth-order valence-corrected chi connectivity index (χ4v) is 2.49. The van der Waals surface area contributed by atoms with Crippen LogP contribution in [0.5, 0.6) is 0 Å². The van der Waals surface area contributed by atoms with E-state index >= 15 is 0 Å². The summed E-state index contributed by atoms with van der Waals surface area (Å²) in [4.78, 5) is 37.3. The first-order chi connectivity index (χ1) is 10.9. The zero-order valence-corrected chi connectivity index (χ0v) is 13.7. The van der Waals surface area contributed by atoms with Crippen molar-refractivity contribution in [3.8, 4) is 6.07 Å². The van der Waals surface area contributed by atoms with Crippen molar-refractivity contribution in [3.63, 3.8) is 0 Å². The number of amides is 1. The Hall–Kier alpha value is -2.53. The van der Waals surface area contributed by atoms with Crippen molar-refractivity contribution in [2.24, 2.45) is 0 Å². The van der Waals surface area contributed by atoms with Gasteiger partial charge in [0, 0.05) is 12.6 Å². The maximum atomic E-state index is 11.8. The topological polar surface area (TPSA) is 112 Å². The SMILES string of the molecule is C=CCNC(=O)[C@@H](C)OC(=O)CSc1[nH]c(=O)cc(C)c1C#N. The molecular formula is C15H17N3O4S. The van der Waals surface area contributed by atoms with Gasteiger partial charge < -0.3 is 15.0 Å². The zero-order valence-electron chi connectivity index (χ0n) is 12.8. The first kappa shape index (κ1) is 18.5. The van der Waals surface area contributed by atoms with Crippen molar-refractivity contribution in [2.45, 2.75) is 25.0 Å². The number of nitrogens with zero attached hydrogens (tertiary/aromatic N) is 1. The summed E-state index contributed by atoms with van der Waals surface area (Å²) in [5.41, 5.74) is 0.484. The molecule has 0 unspecified atom stereocenters. The minimum atomic E-state index is -0.935. The molecule has 1 aromatic heterocycles. The molecule has 1 rings (SSSR count). The predicted octanol–water partition coefficient (Wildman–Crippen LogP) is 0.881. The van der Waals surface area contributed by atoms with Crippen LogP contribution in [0, 0.1) is 18.3 Å². The van der Waals surface area contributed by atoms with Crippen LogP contribution in [0.15, 0.2) is 28.5 Å². The Morgan fingerprint density at radius 1 is 1.61 bits per heavy atom. The number of nitrogens with one attached hydrogen (secondary N) is 2. The van der Waals surface area contributed by atoms with Gasteiger partial charge in [0.15, 0.2) is 6.10 Å². The average molecular weight is 335 g/mol. The molecular weight excluding hydrogens is 318 g/mol. The van der Waals surface area contributed by atoms with Crippen LogP contribution >= 0.6 is 11.8 Å². The third-order valence-electron chi connectivity index (χ3n) is 2.75. The lowest BCUT2D eigenvalue weighted by atomic mass is 10.2. The fraction of sp³-hybridized carbons (Fsp3) is 0.333. The number of thioether (sulfide) groups is 1. The quantitative estimate of drug-likeness (QED) is 0.434. The first-order valence-corrected chi connectivity index (χ1v) is 7.72.